The van der Waals surface area contributed by atoms with Gasteiger partial charge in [-0.3, -0.25) is 14.3 Å². The Labute approximate surface area is 163 Å². The zero-order valence-corrected chi connectivity index (χ0v) is 16.7. The average molecular weight is 389 g/mol. The van der Waals surface area contributed by atoms with Crippen molar-refractivity contribution in [1.82, 2.24) is 10.0 Å². The first kappa shape index (κ1) is 20.9. The van der Waals surface area contributed by atoms with Crippen LogP contribution in [-0.2, 0) is 4.79 Å². The quantitative estimate of drug-likeness (QED) is 0.741. The predicted molar refractivity (Wildman–Crippen MR) is 107 cm³/mol. The van der Waals surface area contributed by atoms with Crippen LogP contribution in [0.25, 0.3) is 0 Å². The van der Waals surface area contributed by atoms with Crippen molar-refractivity contribution in [3.05, 3.63) is 59.9 Å². The molecule has 2 aromatic rings. The standard InChI is InChI=1S/C20H24FN3O2S/c1-20(2,3)23-27-17-11-9-16(10-12-17)24(4)18(25)13-22-19(26)14-5-7-15(21)8-6-14/h5-12,23H,13H2,1-4H3,(H,22,26). The van der Waals surface area contributed by atoms with Gasteiger partial charge in [0.1, 0.15) is 5.82 Å². The smallest absolute Gasteiger partial charge is 0.251 e. The van der Waals surface area contributed by atoms with Crippen molar-refractivity contribution in [3.8, 4) is 0 Å². The molecule has 0 aromatic heterocycles. The van der Waals surface area contributed by atoms with Crippen molar-refractivity contribution >= 4 is 29.4 Å². The number of benzene rings is 2. The minimum absolute atomic E-state index is 0.00117. The normalized spacial score (nSPS) is 11.1. The van der Waals surface area contributed by atoms with Gasteiger partial charge in [-0.15, -0.1) is 0 Å². The van der Waals surface area contributed by atoms with E-state index in [1.807, 2.05) is 24.3 Å². The molecule has 2 aromatic carbocycles. The van der Waals surface area contributed by atoms with Crippen LogP contribution in [0.3, 0.4) is 0 Å². The van der Waals surface area contributed by atoms with Gasteiger partial charge in [-0.25, -0.2) is 4.39 Å². The zero-order chi connectivity index (χ0) is 20.0. The largest absolute Gasteiger partial charge is 0.343 e. The highest BCUT2D eigenvalue weighted by atomic mass is 32.2. The molecule has 7 heteroatoms. The molecule has 0 bridgehead atoms. The lowest BCUT2D eigenvalue weighted by Gasteiger charge is -2.20. The van der Waals surface area contributed by atoms with Crippen LogP contribution in [0.4, 0.5) is 10.1 Å². The number of hydrogen-bond acceptors (Lipinski definition) is 4. The van der Waals surface area contributed by atoms with Gasteiger partial charge in [0, 0.05) is 28.7 Å². The van der Waals surface area contributed by atoms with E-state index < -0.39 is 11.7 Å². The Morgan fingerprint density at radius 3 is 2.19 bits per heavy atom. The minimum Gasteiger partial charge on any atom is -0.343 e. The van der Waals surface area contributed by atoms with Gasteiger partial charge in [-0.2, -0.15) is 0 Å². The second kappa shape index (κ2) is 9.01. The molecule has 144 valence electrons. The number of carbonyl (C=O) groups excluding carboxylic acids is 2. The summed E-state index contributed by atoms with van der Waals surface area (Å²) in [6.45, 7) is 6.11. The summed E-state index contributed by atoms with van der Waals surface area (Å²) in [5, 5.41) is 2.55. The van der Waals surface area contributed by atoms with Crippen molar-refractivity contribution < 1.29 is 14.0 Å². The summed E-state index contributed by atoms with van der Waals surface area (Å²) in [5.41, 5.74) is 1.04. The fourth-order valence-electron chi connectivity index (χ4n) is 2.07. The molecule has 0 aliphatic heterocycles. The monoisotopic (exact) mass is 389 g/mol. The van der Waals surface area contributed by atoms with Gasteiger partial charge in [0.25, 0.3) is 5.91 Å². The Morgan fingerprint density at radius 2 is 1.63 bits per heavy atom. The number of likely N-dealkylation sites (N-methyl/N-ethyl adjacent to an activating group) is 1. The molecular formula is C20H24FN3O2S. The van der Waals surface area contributed by atoms with E-state index in [9.17, 15) is 14.0 Å². The molecule has 2 amide bonds. The maximum atomic E-state index is 12.9. The van der Waals surface area contributed by atoms with Crippen LogP contribution in [0.2, 0.25) is 0 Å². The van der Waals surface area contributed by atoms with Crippen LogP contribution in [0, 0.1) is 5.82 Å². The molecule has 0 saturated carbocycles. The summed E-state index contributed by atoms with van der Waals surface area (Å²) >= 11 is 1.53. The molecule has 0 radical (unpaired) electrons. The number of rotatable bonds is 6. The summed E-state index contributed by atoms with van der Waals surface area (Å²) in [6.07, 6.45) is 0. The van der Waals surface area contributed by atoms with Crippen molar-refractivity contribution in [3.63, 3.8) is 0 Å². The van der Waals surface area contributed by atoms with Crippen LogP contribution in [0.15, 0.2) is 53.4 Å². The van der Waals surface area contributed by atoms with Crippen molar-refractivity contribution in [2.45, 2.75) is 31.2 Å². The molecule has 5 nitrogen and oxygen atoms in total. The van der Waals surface area contributed by atoms with E-state index in [0.29, 0.717) is 5.56 Å². The van der Waals surface area contributed by atoms with Crippen LogP contribution >= 0.6 is 11.9 Å². The summed E-state index contributed by atoms with van der Waals surface area (Å²) < 4.78 is 16.2. The number of carbonyl (C=O) groups is 2. The summed E-state index contributed by atoms with van der Waals surface area (Å²) in [4.78, 5) is 26.8. The zero-order valence-electron chi connectivity index (χ0n) is 15.9. The second-order valence-electron chi connectivity index (χ2n) is 7.09. The Bertz CT molecular complexity index is 786. The van der Waals surface area contributed by atoms with Gasteiger partial charge in [-0.05, 0) is 81.3 Å². The highest BCUT2D eigenvalue weighted by Crippen LogP contribution is 2.22. The first-order valence-corrected chi connectivity index (χ1v) is 9.32. The lowest BCUT2D eigenvalue weighted by atomic mass is 10.1. The third-order valence-electron chi connectivity index (χ3n) is 3.58. The van der Waals surface area contributed by atoms with Crippen LogP contribution in [0.5, 0.6) is 0 Å². The van der Waals surface area contributed by atoms with E-state index >= 15 is 0 Å². The van der Waals surface area contributed by atoms with Crippen LogP contribution < -0.4 is 14.9 Å². The lowest BCUT2D eigenvalue weighted by molar-refractivity contribution is -0.117. The maximum Gasteiger partial charge on any atom is 0.251 e. The van der Waals surface area contributed by atoms with Crippen LogP contribution in [0.1, 0.15) is 31.1 Å². The van der Waals surface area contributed by atoms with E-state index in [4.69, 9.17) is 0 Å². The predicted octanol–water partition coefficient (Wildman–Crippen LogP) is 3.61. The average Bonchev–Trinajstić information content (AvgIpc) is 2.64. The van der Waals surface area contributed by atoms with Crippen molar-refractivity contribution in [2.75, 3.05) is 18.5 Å². The number of halogens is 1. The molecule has 0 heterocycles. The van der Waals surface area contributed by atoms with E-state index in [2.05, 4.69) is 30.8 Å². The molecule has 0 saturated heterocycles. The fourth-order valence-corrected chi connectivity index (χ4v) is 2.77. The van der Waals surface area contributed by atoms with E-state index in [0.717, 1.165) is 10.6 Å². The second-order valence-corrected chi connectivity index (χ2v) is 7.97. The molecule has 2 N–H and O–H groups in total. The first-order chi connectivity index (χ1) is 12.7. The van der Waals surface area contributed by atoms with Gasteiger partial charge < -0.3 is 10.2 Å². The highest BCUT2D eigenvalue weighted by Gasteiger charge is 2.14. The van der Waals surface area contributed by atoms with Crippen LogP contribution in [-0.4, -0.2) is 30.9 Å². The number of nitrogens with one attached hydrogen (secondary N) is 2. The first-order valence-electron chi connectivity index (χ1n) is 8.50. The molecule has 0 aliphatic rings. The van der Waals surface area contributed by atoms with Crippen molar-refractivity contribution in [2.24, 2.45) is 0 Å². The third kappa shape index (κ3) is 6.69. The summed E-state index contributed by atoms with van der Waals surface area (Å²) in [6, 6.07) is 12.7. The summed E-state index contributed by atoms with van der Waals surface area (Å²) in [7, 11) is 1.65. The van der Waals surface area contributed by atoms with Gasteiger partial charge in [-0.1, -0.05) is 0 Å². The SMILES string of the molecule is CN(C(=O)CNC(=O)c1ccc(F)cc1)c1ccc(SNC(C)(C)C)cc1. The molecule has 0 unspecified atom stereocenters. The molecule has 0 fully saturated rings. The third-order valence-corrected chi connectivity index (χ3v) is 4.80. The van der Waals surface area contributed by atoms with Gasteiger partial charge in [0.2, 0.25) is 5.91 Å². The minimum atomic E-state index is -0.420. The van der Waals surface area contributed by atoms with Gasteiger partial charge in [0.15, 0.2) is 0 Å². The topological polar surface area (TPSA) is 61.4 Å². The number of nitrogens with zero attached hydrogens (tertiary/aromatic N) is 1. The van der Waals surface area contributed by atoms with E-state index in [1.54, 1.807) is 7.05 Å². The van der Waals surface area contributed by atoms with Crippen molar-refractivity contribution in [1.29, 1.82) is 0 Å². The maximum absolute atomic E-state index is 12.9. The molecule has 2 rings (SSSR count). The lowest BCUT2D eigenvalue weighted by Crippen LogP contribution is -2.38. The fraction of sp³-hybridized carbons (Fsp3) is 0.300. The van der Waals surface area contributed by atoms with Gasteiger partial charge in [0.05, 0.1) is 6.54 Å². The Hall–Kier alpha value is -2.38. The highest BCUT2D eigenvalue weighted by molar-refractivity contribution is 7.97. The Morgan fingerprint density at radius 1 is 1.04 bits per heavy atom. The van der Waals surface area contributed by atoms with E-state index in [1.165, 1.54) is 41.1 Å². The number of anilines is 1. The number of hydrogen-bond donors (Lipinski definition) is 2. The molecule has 0 aliphatic carbocycles. The van der Waals surface area contributed by atoms with Gasteiger partial charge >= 0.3 is 0 Å². The Kier molecular flexibility index (Phi) is 6.98. The molecule has 27 heavy (non-hydrogen) atoms. The van der Waals surface area contributed by atoms with E-state index in [-0.39, 0.29) is 18.0 Å². The molecule has 0 atom stereocenters. The Balaban J connectivity index is 1.88. The number of amides is 2. The molecule has 0 spiro atoms. The summed E-state index contributed by atoms with van der Waals surface area (Å²) in [5.74, 6) is -1.09. The molecular weight excluding hydrogens is 365 g/mol.